The number of fused-ring (bicyclic) bond motifs is 1. The minimum absolute atomic E-state index is 0.343. The first-order chi connectivity index (χ1) is 11.2. The van der Waals surface area contributed by atoms with Crippen LogP contribution in [-0.4, -0.2) is 42.8 Å². The molecule has 3 amide bonds. The highest BCUT2D eigenvalue weighted by Gasteiger charge is 2.12. The van der Waals surface area contributed by atoms with Crippen molar-refractivity contribution < 1.29 is 14.4 Å². The van der Waals surface area contributed by atoms with Gasteiger partial charge in [0.15, 0.2) is 0 Å². The third kappa shape index (κ3) is 4.84. The van der Waals surface area contributed by atoms with E-state index in [1.54, 1.807) is 0 Å². The highest BCUT2D eigenvalue weighted by molar-refractivity contribution is 6.35. The Labute approximate surface area is 133 Å². The summed E-state index contributed by atoms with van der Waals surface area (Å²) >= 11 is 0. The van der Waals surface area contributed by atoms with Gasteiger partial charge in [-0.1, -0.05) is 18.2 Å². The minimum atomic E-state index is -0.657. The molecule has 2 aromatic rings. The number of rotatable bonds is 8. The smallest absolute Gasteiger partial charge is 0.309 e. The standard InChI is InChI=1S/C16H20N4O3/c21-11-17-7-3-8-18-15(22)16(23)19-9-6-12-10-20-14-5-2-1-4-13(12)14/h1-2,4-5,10-11,20H,3,6-9H2,(H,17,21)(H,18,22)(H,19,23). The van der Waals surface area contributed by atoms with Crippen LogP contribution in [0.3, 0.4) is 0 Å². The highest BCUT2D eigenvalue weighted by Crippen LogP contribution is 2.17. The molecule has 0 aliphatic heterocycles. The molecule has 1 heterocycles. The van der Waals surface area contributed by atoms with Crippen LogP contribution in [0.2, 0.25) is 0 Å². The summed E-state index contributed by atoms with van der Waals surface area (Å²) < 4.78 is 0. The van der Waals surface area contributed by atoms with Crippen LogP contribution in [0.25, 0.3) is 10.9 Å². The number of carbonyl (C=O) groups excluding carboxylic acids is 3. The lowest BCUT2D eigenvalue weighted by molar-refractivity contribution is -0.139. The van der Waals surface area contributed by atoms with Gasteiger partial charge in [-0.3, -0.25) is 14.4 Å². The Balaban J connectivity index is 1.70. The number of para-hydroxylation sites is 1. The van der Waals surface area contributed by atoms with Gasteiger partial charge in [0.2, 0.25) is 6.41 Å². The van der Waals surface area contributed by atoms with Gasteiger partial charge in [-0.2, -0.15) is 0 Å². The summed E-state index contributed by atoms with van der Waals surface area (Å²) in [6.45, 7) is 1.20. The van der Waals surface area contributed by atoms with E-state index in [2.05, 4.69) is 20.9 Å². The zero-order valence-corrected chi connectivity index (χ0v) is 12.7. The monoisotopic (exact) mass is 316 g/mol. The molecule has 0 radical (unpaired) electrons. The summed E-state index contributed by atoms with van der Waals surface area (Å²) in [5, 5.41) is 8.70. The highest BCUT2D eigenvalue weighted by atomic mass is 16.2. The van der Waals surface area contributed by atoms with Crippen molar-refractivity contribution in [2.75, 3.05) is 19.6 Å². The van der Waals surface area contributed by atoms with Gasteiger partial charge in [0.05, 0.1) is 0 Å². The van der Waals surface area contributed by atoms with E-state index in [9.17, 15) is 14.4 Å². The van der Waals surface area contributed by atoms with Crippen molar-refractivity contribution in [2.45, 2.75) is 12.8 Å². The molecular formula is C16H20N4O3. The molecule has 0 spiro atoms. The van der Waals surface area contributed by atoms with Crippen LogP contribution in [0, 0.1) is 0 Å². The van der Waals surface area contributed by atoms with Gasteiger partial charge < -0.3 is 20.9 Å². The summed E-state index contributed by atoms with van der Waals surface area (Å²) in [5.41, 5.74) is 2.15. The van der Waals surface area contributed by atoms with E-state index in [4.69, 9.17) is 0 Å². The second-order valence-electron chi connectivity index (χ2n) is 5.05. The predicted molar refractivity (Wildman–Crippen MR) is 86.7 cm³/mol. The van der Waals surface area contributed by atoms with Crippen molar-refractivity contribution in [3.05, 3.63) is 36.0 Å². The normalized spacial score (nSPS) is 10.3. The maximum absolute atomic E-state index is 11.7. The van der Waals surface area contributed by atoms with Gasteiger partial charge in [0, 0.05) is 36.7 Å². The van der Waals surface area contributed by atoms with Crippen LogP contribution in [0.15, 0.2) is 30.5 Å². The van der Waals surface area contributed by atoms with Crippen LogP contribution in [0.1, 0.15) is 12.0 Å². The lowest BCUT2D eigenvalue weighted by Gasteiger charge is -2.06. The first kappa shape index (κ1) is 16.5. The fourth-order valence-corrected chi connectivity index (χ4v) is 2.26. The second kappa shape index (κ2) is 8.57. The third-order valence-corrected chi connectivity index (χ3v) is 3.43. The van der Waals surface area contributed by atoms with Crippen molar-refractivity contribution >= 4 is 29.1 Å². The summed E-state index contributed by atoms with van der Waals surface area (Å²) in [4.78, 5) is 36.4. The maximum Gasteiger partial charge on any atom is 0.309 e. The Morgan fingerprint density at radius 2 is 1.78 bits per heavy atom. The first-order valence-corrected chi connectivity index (χ1v) is 7.50. The molecule has 0 aliphatic rings. The average Bonchev–Trinajstić information content (AvgIpc) is 2.98. The molecule has 7 heteroatoms. The number of amides is 3. The molecule has 23 heavy (non-hydrogen) atoms. The lowest BCUT2D eigenvalue weighted by atomic mass is 10.1. The molecule has 0 unspecified atom stereocenters. The molecule has 4 N–H and O–H groups in total. The zero-order chi connectivity index (χ0) is 16.5. The van der Waals surface area contributed by atoms with E-state index in [1.807, 2.05) is 30.5 Å². The van der Waals surface area contributed by atoms with Crippen LogP contribution in [-0.2, 0) is 20.8 Å². The Hall–Kier alpha value is -2.83. The van der Waals surface area contributed by atoms with Crippen molar-refractivity contribution in [3.8, 4) is 0 Å². The molecule has 1 aromatic carbocycles. The Morgan fingerprint density at radius 1 is 1.04 bits per heavy atom. The van der Waals surface area contributed by atoms with E-state index >= 15 is 0 Å². The molecule has 122 valence electrons. The number of hydrogen-bond acceptors (Lipinski definition) is 3. The predicted octanol–water partition coefficient (Wildman–Crippen LogP) is 0.0789. The van der Waals surface area contributed by atoms with Crippen LogP contribution < -0.4 is 16.0 Å². The molecule has 0 saturated carbocycles. The number of benzene rings is 1. The number of hydrogen-bond donors (Lipinski definition) is 4. The SMILES string of the molecule is O=CNCCCNC(=O)C(=O)NCCc1c[nH]c2ccccc12. The lowest BCUT2D eigenvalue weighted by Crippen LogP contribution is -2.41. The largest absolute Gasteiger partial charge is 0.361 e. The molecule has 0 fully saturated rings. The summed E-state index contributed by atoms with van der Waals surface area (Å²) in [6.07, 6.45) is 3.73. The topological polar surface area (TPSA) is 103 Å². The molecule has 0 aliphatic carbocycles. The number of H-pyrrole nitrogens is 1. The Bertz CT molecular complexity index is 681. The number of aromatic amines is 1. The van der Waals surface area contributed by atoms with E-state index in [0.29, 0.717) is 38.9 Å². The zero-order valence-electron chi connectivity index (χ0n) is 12.7. The van der Waals surface area contributed by atoms with Gasteiger partial charge in [0.1, 0.15) is 0 Å². The third-order valence-electron chi connectivity index (χ3n) is 3.43. The maximum atomic E-state index is 11.7. The van der Waals surface area contributed by atoms with Crippen LogP contribution in [0.4, 0.5) is 0 Å². The number of aromatic nitrogens is 1. The van der Waals surface area contributed by atoms with Crippen molar-refractivity contribution in [2.24, 2.45) is 0 Å². The molecule has 0 bridgehead atoms. The van der Waals surface area contributed by atoms with Gasteiger partial charge in [-0.15, -0.1) is 0 Å². The van der Waals surface area contributed by atoms with Gasteiger partial charge in [-0.05, 0) is 24.5 Å². The van der Waals surface area contributed by atoms with Crippen LogP contribution in [0.5, 0.6) is 0 Å². The molecule has 0 saturated heterocycles. The average molecular weight is 316 g/mol. The van der Waals surface area contributed by atoms with Crippen molar-refractivity contribution in [1.29, 1.82) is 0 Å². The Morgan fingerprint density at radius 3 is 2.57 bits per heavy atom. The minimum Gasteiger partial charge on any atom is -0.361 e. The fourth-order valence-electron chi connectivity index (χ4n) is 2.26. The molecule has 2 rings (SSSR count). The van der Waals surface area contributed by atoms with E-state index in [1.165, 1.54) is 0 Å². The molecule has 7 nitrogen and oxygen atoms in total. The summed E-state index contributed by atoms with van der Waals surface area (Å²) in [7, 11) is 0. The fraction of sp³-hybridized carbons (Fsp3) is 0.312. The quantitative estimate of drug-likeness (QED) is 0.315. The van der Waals surface area contributed by atoms with Crippen molar-refractivity contribution in [1.82, 2.24) is 20.9 Å². The molecule has 1 aromatic heterocycles. The van der Waals surface area contributed by atoms with Gasteiger partial charge in [-0.25, -0.2) is 0 Å². The van der Waals surface area contributed by atoms with Crippen LogP contribution >= 0.6 is 0 Å². The van der Waals surface area contributed by atoms with E-state index < -0.39 is 11.8 Å². The first-order valence-electron chi connectivity index (χ1n) is 7.50. The van der Waals surface area contributed by atoms with Crippen molar-refractivity contribution in [3.63, 3.8) is 0 Å². The number of nitrogens with one attached hydrogen (secondary N) is 4. The van der Waals surface area contributed by atoms with E-state index in [0.717, 1.165) is 16.5 Å². The van der Waals surface area contributed by atoms with Gasteiger partial charge >= 0.3 is 11.8 Å². The Kier molecular flexibility index (Phi) is 6.17. The van der Waals surface area contributed by atoms with E-state index in [-0.39, 0.29) is 0 Å². The molecule has 0 atom stereocenters. The summed E-state index contributed by atoms with van der Waals surface area (Å²) in [6, 6.07) is 7.93. The van der Waals surface area contributed by atoms with Gasteiger partial charge in [0.25, 0.3) is 0 Å². The second-order valence-corrected chi connectivity index (χ2v) is 5.05. The number of carbonyl (C=O) groups is 3. The summed E-state index contributed by atoms with van der Waals surface area (Å²) in [5.74, 6) is -1.30. The molecular weight excluding hydrogens is 296 g/mol.